The molecule has 144 valence electrons. The Labute approximate surface area is 167 Å². The molecule has 2 aromatic carbocycles. The first-order valence-electron chi connectivity index (χ1n) is 9.97. The van der Waals surface area contributed by atoms with Gasteiger partial charge in [-0.3, -0.25) is 0 Å². The zero-order valence-electron chi connectivity index (χ0n) is 16.6. The topological polar surface area (TPSA) is 44.3 Å². The molecule has 5 heteroatoms. The van der Waals surface area contributed by atoms with Gasteiger partial charge in [-0.15, -0.1) is 0 Å². The standard InChI is InChI=1S/C23H27N5/c1-3-19-8-4-5-10-21(19)25-22-11-12-24-23(26-22)28-15-13-27(14-16-28)20-9-6-7-18(2)17-20/h4-12,17H,3,13-16H2,1-2H3,(H,24,25,26). The summed E-state index contributed by atoms with van der Waals surface area (Å²) >= 11 is 0. The van der Waals surface area contributed by atoms with Gasteiger partial charge < -0.3 is 15.1 Å². The largest absolute Gasteiger partial charge is 0.368 e. The normalized spacial score (nSPS) is 14.2. The predicted octanol–water partition coefficient (Wildman–Crippen LogP) is 4.42. The SMILES string of the molecule is CCc1ccccc1Nc1ccnc(N2CCN(c3cccc(C)c3)CC2)n1. The van der Waals surface area contributed by atoms with Gasteiger partial charge in [0.2, 0.25) is 5.95 Å². The molecular formula is C23H27N5. The van der Waals surface area contributed by atoms with Crippen LogP contribution in [0.15, 0.2) is 60.8 Å². The number of aromatic nitrogens is 2. The first kappa shape index (κ1) is 18.3. The fourth-order valence-corrected chi connectivity index (χ4v) is 3.65. The minimum Gasteiger partial charge on any atom is -0.368 e. The van der Waals surface area contributed by atoms with Crippen molar-refractivity contribution < 1.29 is 0 Å². The molecule has 1 aliphatic heterocycles. The lowest BCUT2D eigenvalue weighted by Crippen LogP contribution is -2.47. The van der Waals surface area contributed by atoms with Gasteiger partial charge in [-0.05, 0) is 48.7 Å². The summed E-state index contributed by atoms with van der Waals surface area (Å²) in [7, 11) is 0. The van der Waals surface area contributed by atoms with E-state index in [-0.39, 0.29) is 0 Å². The Morgan fingerprint density at radius 1 is 0.929 bits per heavy atom. The summed E-state index contributed by atoms with van der Waals surface area (Å²) < 4.78 is 0. The molecule has 0 aliphatic carbocycles. The maximum absolute atomic E-state index is 4.76. The van der Waals surface area contributed by atoms with Crippen molar-refractivity contribution in [2.75, 3.05) is 41.3 Å². The Morgan fingerprint density at radius 2 is 1.71 bits per heavy atom. The van der Waals surface area contributed by atoms with Crippen LogP contribution in [0.2, 0.25) is 0 Å². The highest BCUT2D eigenvalue weighted by Crippen LogP contribution is 2.23. The van der Waals surface area contributed by atoms with Crippen molar-refractivity contribution in [3.63, 3.8) is 0 Å². The van der Waals surface area contributed by atoms with Crippen LogP contribution in [0.1, 0.15) is 18.1 Å². The van der Waals surface area contributed by atoms with Crippen molar-refractivity contribution in [3.05, 3.63) is 71.9 Å². The highest BCUT2D eigenvalue weighted by molar-refractivity contribution is 5.61. The molecule has 28 heavy (non-hydrogen) atoms. The second-order valence-electron chi connectivity index (χ2n) is 7.19. The minimum absolute atomic E-state index is 0.794. The molecule has 0 unspecified atom stereocenters. The number of nitrogens with one attached hydrogen (secondary N) is 1. The van der Waals surface area contributed by atoms with E-state index in [2.05, 4.69) is 76.4 Å². The summed E-state index contributed by atoms with van der Waals surface area (Å²) in [5.41, 5.74) is 5.00. The van der Waals surface area contributed by atoms with Gasteiger partial charge in [0.15, 0.2) is 0 Å². The Morgan fingerprint density at radius 3 is 2.50 bits per heavy atom. The van der Waals surface area contributed by atoms with Gasteiger partial charge >= 0.3 is 0 Å². The van der Waals surface area contributed by atoms with E-state index in [0.29, 0.717) is 0 Å². The summed E-state index contributed by atoms with van der Waals surface area (Å²) in [5.74, 6) is 1.63. The van der Waals surface area contributed by atoms with Crippen molar-refractivity contribution in [1.29, 1.82) is 0 Å². The van der Waals surface area contributed by atoms with Crippen LogP contribution in [0.4, 0.5) is 23.1 Å². The van der Waals surface area contributed by atoms with Crippen molar-refractivity contribution in [2.24, 2.45) is 0 Å². The zero-order chi connectivity index (χ0) is 19.3. The maximum Gasteiger partial charge on any atom is 0.227 e. The van der Waals surface area contributed by atoms with Gasteiger partial charge in [-0.1, -0.05) is 37.3 Å². The van der Waals surface area contributed by atoms with E-state index in [9.17, 15) is 0 Å². The summed E-state index contributed by atoms with van der Waals surface area (Å²) in [6.07, 6.45) is 2.83. The number of rotatable bonds is 5. The molecule has 3 aromatic rings. The molecule has 0 saturated carbocycles. The van der Waals surface area contributed by atoms with Crippen LogP contribution in [0.5, 0.6) is 0 Å². The van der Waals surface area contributed by atoms with Gasteiger partial charge in [0.05, 0.1) is 0 Å². The molecule has 0 atom stereocenters. The van der Waals surface area contributed by atoms with Gasteiger partial charge in [-0.25, -0.2) is 4.98 Å². The van der Waals surface area contributed by atoms with E-state index in [4.69, 9.17) is 4.98 Å². The Balaban J connectivity index is 1.44. The van der Waals surface area contributed by atoms with E-state index < -0.39 is 0 Å². The van der Waals surface area contributed by atoms with E-state index >= 15 is 0 Å². The second kappa shape index (κ2) is 8.30. The Hall–Kier alpha value is -3.08. The number of hydrogen-bond donors (Lipinski definition) is 1. The first-order valence-corrected chi connectivity index (χ1v) is 9.97. The molecule has 1 saturated heterocycles. The van der Waals surface area contributed by atoms with Crippen LogP contribution >= 0.6 is 0 Å². The molecule has 1 aromatic heterocycles. The van der Waals surface area contributed by atoms with Gasteiger partial charge in [0, 0.05) is 43.8 Å². The average molecular weight is 374 g/mol. The minimum atomic E-state index is 0.794. The van der Waals surface area contributed by atoms with Crippen LogP contribution in [0.25, 0.3) is 0 Å². The van der Waals surface area contributed by atoms with Gasteiger partial charge in [0.25, 0.3) is 0 Å². The fourth-order valence-electron chi connectivity index (χ4n) is 3.65. The third-order valence-corrected chi connectivity index (χ3v) is 5.23. The molecule has 5 nitrogen and oxygen atoms in total. The van der Waals surface area contributed by atoms with Crippen LogP contribution in [0, 0.1) is 6.92 Å². The predicted molar refractivity (Wildman–Crippen MR) is 117 cm³/mol. The first-order chi connectivity index (χ1) is 13.7. The molecule has 0 amide bonds. The molecular weight excluding hydrogens is 346 g/mol. The fraction of sp³-hybridized carbons (Fsp3) is 0.304. The van der Waals surface area contributed by atoms with Crippen molar-refractivity contribution >= 4 is 23.1 Å². The summed E-state index contributed by atoms with van der Waals surface area (Å²) in [5, 5.41) is 3.46. The van der Waals surface area contributed by atoms with Crippen molar-refractivity contribution in [2.45, 2.75) is 20.3 Å². The highest BCUT2D eigenvalue weighted by atomic mass is 15.3. The Bertz CT molecular complexity index is 932. The van der Waals surface area contributed by atoms with E-state index in [0.717, 1.165) is 50.1 Å². The molecule has 0 spiro atoms. The molecule has 2 heterocycles. The maximum atomic E-state index is 4.76. The summed E-state index contributed by atoms with van der Waals surface area (Å²) in [6.45, 7) is 8.10. The highest BCUT2D eigenvalue weighted by Gasteiger charge is 2.19. The Kier molecular flexibility index (Phi) is 5.42. The number of nitrogens with zero attached hydrogens (tertiary/aromatic N) is 4. The summed E-state index contributed by atoms with van der Waals surface area (Å²) in [4.78, 5) is 14.0. The third-order valence-electron chi connectivity index (χ3n) is 5.23. The van der Waals surface area contributed by atoms with Gasteiger partial charge in [-0.2, -0.15) is 4.98 Å². The van der Waals surface area contributed by atoms with Crippen LogP contribution in [0.3, 0.4) is 0 Å². The smallest absolute Gasteiger partial charge is 0.227 e. The zero-order valence-corrected chi connectivity index (χ0v) is 16.6. The van der Waals surface area contributed by atoms with E-state index in [1.807, 2.05) is 18.3 Å². The molecule has 1 aliphatic rings. The average Bonchev–Trinajstić information content (AvgIpc) is 2.74. The molecule has 1 fully saturated rings. The van der Waals surface area contributed by atoms with Crippen LogP contribution in [-0.4, -0.2) is 36.1 Å². The lowest BCUT2D eigenvalue weighted by atomic mass is 10.1. The third kappa shape index (κ3) is 4.09. The monoisotopic (exact) mass is 373 g/mol. The number of anilines is 4. The molecule has 0 radical (unpaired) electrons. The molecule has 4 rings (SSSR count). The van der Waals surface area contributed by atoms with Crippen LogP contribution < -0.4 is 15.1 Å². The molecule has 1 N–H and O–H groups in total. The van der Waals surface area contributed by atoms with Crippen molar-refractivity contribution in [1.82, 2.24) is 9.97 Å². The number of aryl methyl sites for hydroxylation is 2. The van der Waals surface area contributed by atoms with E-state index in [1.165, 1.54) is 16.8 Å². The lowest BCUT2D eigenvalue weighted by molar-refractivity contribution is 0.640. The van der Waals surface area contributed by atoms with E-state index in [1.54, 1.807) is 0 Å². The van der Waals surface area contributed by atoms with Crippen molar-refractivity contribution in [3.8, 4) is 0 Å². The lowest BCUT2D eigenvalue weighted by Gasteiger charge is -2.36. The van der Waals surface area contributed by atoms with Crippen LogP contribution in [-0.2, 0) is 6.42 Å². The van der Waals surface area contributed by atoms with Gasteiger partial charge in [0.1, 0.15) is 5.82 Å². The molecule has 0 bridgehead atoms. The quantitative estimate of drug-likeness (QED) is 0.717. The number of para-hydroxylation sites is 1. The number of piperazine rings is 1. The second-order valence-corrected chi connectivity index (χ2v) is 7.19. The summed E-state index contributed by atoms with van der Waals surface area (Å²) in [6, 6.07) is 19.0. The number of benzene rings is 2. The number of hydrogen-bond acceptors (Lipinski definition) is 5.